The molecule has 0 aliphatic heterocycles. The molecule has 0 saturated heterocycles. The maximum absolute atomic E-state index is 8.32. The van der Waals surface area contributed by atoms with Gasteiger partial charge in [0.1, 0.15) is 0 Å². The maximum Gasteiger partial charge on any atom is 0.0669 e. The summed E-state index contributed by atoms with van der Waals surface area (Å²) in [7, 11) is 0. The fraction of sp³-hybridized carbons (Fsp3) is 0.867. The van der Waals surface area contributed by atoms with Gasteiger partial charge in [0.05, 0.1) is 12.5 Å². The van der Waals surface area contributed by atoms with Crippen LogP contribution in [0, 0.1) is 17.8 Å². The molecule has 0 aromatic heterocycles. The van der Waals surface area contributed by atoms with Crippen LogP contribution in [0.1, 0.15) is 84.0 Å². The van der Waals surface area contributed by atoms with Crippen LogP contribution >= 0.6 is 0 Å². The molecule has 0 saturated carbocycles. The molecule has 0 aromatic carbocycles. The molecule has 0 aromatic rings. The topological polar surface area (TPSA) is 23.8 Å². The minimum atomic E-state index is 0.980. The first-order valence-corrected chi connectivity index (χ1v) is 7.13. The molecule has 0 heterocycles. The lowest BCUT2D eigenvalue weighted by Crippen LogP contribution is -1.82. The van der Waals surface area contributed by atoms with Crippen LogP contribution in [-0.4, -0.2) is 0 Å². The summed E-state index contributed by atoms with van der Waals surface area (Å²) in [5.41, 5.74) is 0. The van der Waals surface area contributed by atoms with Gasteiger partial charge in [-0.15, -0.1) is 0 Å². The number of unbranched alkanes of at least 4 members (excludes halogenated alkanes) is 12. The summed E-state index contributed by atoms with van der Waals surface area (Å²) >= 11 is 0. The number of hydrogen-bond donors (Lipinski definition) is 0. The standard InChI is InChI=1S/C15H28N/c1-2-3-4-5-6-7-8-9-10-11-12-13-14-15-16/h14H,2-13H2,1H3. The molecule has 0 bridgehead atoms. The quantitative estimate of drug-likeness (QED) is 0.405. The molecule has 0 unspecified atom stereocenters. The van der Waals surface area contributed by atoms with Gasteiger partial charge in [-0.25, -0.2) is 0 Å². The SMILES string of the molecule is CCCCCCCCCCCCC[CH]C#N. The van der Waals surface area contributed by atoms with Crippen molar-refractivity contribution in [2.24, 2.45) is 0 Å². The summed E-state index contributed by atoms with van der Waals surface area (Å²) in [5, 5.41) is 8.32. The minimum Gasteiger partial charge on any atom is -0.198 e. The van der Waals surface area contributed by atoms with E-state index in [4.69, 9.17) is 5.26 Å². The number of nitriles is 1. The van der Waals surface area contributed by atoms with Gasteiger partial charge in [-0.3, -0.25) is 0 Å². The van der Waals surface area contributed by atoms with Gasteiger partial charge in [0.15, 0.2) is 0 Å². The summed E-state index contributed by atoms with van der Waals surface area (Å²) in [4.78, 5) is 0. The van der Waals surface area contributed by atoms with Crippen molar-refractivity contribution in [3.05, 3.63) is 6.42 Å². The molecular weight excluding hydrogens is 194 g/mol. The van der Waals surface area contributed by atoms with Gasteiger partial charge in [-0.1, -0.05) is 77.6 Å². The van der Waals surface area contributed by atoms with E-state index in [-0.39, 0.29) is 0 Å². The molecule has 1 nitrogen and oxygen atoms in total. The Kier molecular flexibility index (Phi) is 14.0. The Morgan fingerprint density at radius 1 is 0.750 bits per heavy atom. The Morgan fingerprint density at radius 3 is 1.62 bits per heavy atom. The van der Waals surface area contributed by atoms with Crippen molar-refractivity contribution in [1.29, 1.82) is 5.26 Å². The van der Waals surface area contributed by atoms with Gasteiger partial charge in [0.2, 0.25) is 0 Å². The third-order valence-electron chi connectivity index (χ3n) is 3.04. The normalized spacial score (nSPS) is 10.2. The van der Waals surface area contributed by atoms with Crippen LogP contribution in [0.3, 0.4) is 0 Å². The van der Waals surface area contributed by atoms with Crippen molar-refractivity contribution in [3.8, 4) is 6.07 Å². The van der Waals surface area contributed by atoms with Crippen LogP contribution in [0.4, 0.5) is 0 Å². The molecule has 0 fully saturated rings. The van der Waals surface area contributed by atoms with Crippen LogP contribution < -0.4 is 0 Å². The predicted octanol–water partition coefficient (Wildman–Crippen LogP) is 5.42. The van der Waals surface area contributed by atoms with Crippen LogP contribution in [0.2, 0.25) is 0 Å². The highest BCUT2D eigenvalue weighted by molar-refractivity contribution is 4.90. The molecule has 0 aliphatic rings. The van der Waals surface area contributed by atoms with Crippen LogP contribution in [0.5, 0.6) is 0 Å². The molecule has 93 valence electrons. The van der Waals surface area contributed by atoms with Gasteiger partial charge in [0, 0.05) is 0 Å². The number of rotatable bonds is 12. The first-order valence-electron chi connectivity index (χ1n) is 7.13. The fourth-order valence-corrected chi connectivity index (χ4v) is 1.98. The molecule has 0 N–H and O–H groups in total. The average Bonchev–Trinajstić information content (AvgIpc) is 2.31. The molecule has 1 heteroatoms. The van der Waals surface area contributed by atoms with Gasteiger partial charge in [-0.05, 0) is 6.42 Å². The zero-order valence-corrected chi connectivity index (χ0v) is 11.0. The monoisotopic (exact) mass is 222 g/mol. The van der Waals surface area contributed by atoms with Crippen molar-refractivity contribution >= 4 is 0 Å². The van der Waals surface area contributed by atoms with E-state index in [1.807, 2.05) is 0 Å². The van der Waals surface area contributed by atoms with E-state index in [9.17, 15) is 0 Å². The van der Waals surface area contributed by atoms with E-state index in [1.165, 1.54) is 70.6 Å². The highest BCUT2D eigenvalue weighted by Crippen LogP contribution is 2.11. The number of hydrogen-bond acceptors (Lipinski definition) is 1. The molecule has 0 rings (SSSR count). The lowest BCUT2D eigenvalue weighted by molar-refractivity contribution is 0.549. The van der Waals surface area contributed by atoms with E-state index >= 15 is 0 Å². The van der Waals surface area contributed by atoms with E-state index in [2.05, 4.69) is 13.0 Å². The fourth-order valence-electron chi connectivity index (χ4n) is 1.98. The van der Waals surface area contributed by atoms with Crippen molar-refractivity contribution in [2.75, 3.05) is 0 Å². The van der Waals surface area contributed by atoms with Crippen LogP contribution in [-0.2, 0) is 0 Å². The zero-order valence-electron chi connectivity index (χ0n) is 11.0. The molecule has 0 atom stereocenters. The summed E-state index contributed by atoms with van der Waals surface area (Å²) in [6, 6.07) is 2.08. The first-order chi connectivity index (χ1) is 7.91. The van der Waals surface area contributed by atoms with Crippen molar-refractivity contribution < 1.29 is 0 Å². The van der Waals surface area contributed by atoms with Crippen LogP contribution in [0.25, 0.3) is 0 Å². The Morgan fingerprint density at radius 2 is 1.19 bits per heavy atom. The molecule has 0 aliphatic carbocycles. The largest absolute Gasteiger partial charge is 0.198 e. The predicted molar refractivity (Wildman–Crippen MR) is 71.0 cm³/mol. The molecule has 16 heavy (non-hydrogen) atoms. The Balaban J connectivity index is 2.86. The van der Waals surface area contributed by atoms with E-state index in [1.54, 1.807) is 6.42 Å². The number of nitrogens with zero attached hydrogens (tertiary/aromatic N) is 1. The average molecular weight is 222 g/mol. The van der Waals surface area contributed by atoms with Gasteiger partial charge in [-0.2, -0.15) is 5.26 Å². The summed E-state index contributed by atoms with van der Waals surface area (Å²) in [6.07, 6.45) is 17.8. The Labute approximate surface area is 102 Å². The maximum atomic E-state index is 8.32. The third kappa shape index (κ3) is 13.5. The summed E-state index contributed by atoms with van der Waals surface area (Å²) in [6.45, 7) is 2.27. The Hall–Kier alpha value is -0.510. The molecule has 1 radical (unpaired) electrons. The van der Waals surface area contributed by atoms with Crippen molar-refractivity contribution in [2.45, 2.75) is 84.0 Å². The second kappa shape index (κ2) is 14.5. The second-order valence-electron chi connectivity index (χ2n) is 4.66. The van der Waals surface area contributed by atoms with Crippen LogP contribution in [0.15, 0.2) is 0 Å². The minimum absolute atomic E-state index is 0.980. The lowest BCUT2D eigenvalue weighted by Gasteiger charge is -2.01. The van der Waals surface area contributed by atoms with E-state index in [0.29, 0.717) is 0 Å². The van der Waals surface area contributed by atoms with Gasteiger partial charge >= 0.3 is 0 Å². The van der Waals surface area contributed by atoms with Gasteiger partial charge in [0.25, 0.3) is 0 Å². The smallest absolute Gasteiger partial charge is 0.0669 e. The summed E-state index contributed by atoms with van der Waals surface area (Å²) in [5.74, 6) is 0. The van der Waals surface area contributed by atoms with Crippen molar-refractivity contribution in [3.63, 3.8) is 0 Å². The van der Waals surface area contributed by atoms with Gasteiger partial charge < -0.3 is 0 Å². The summed E-state index contributed by atoms with van der Waals surface area (Å²) < 4.78 is 0. The second-order valence-corrected chi connectivity index (χ2v) is 4.66. The van der Waals surface area contributed by atoms with E-state index in [0.717, 1.165) is 6.42 Å². The van der Waals surface area contributed by atoms with E-state index < -0.39 is 0 Å². The zero-order chi connectivity index (χ0) is 11.9. The molecular formula is C15H28N. The molecule has 0 spiro atoms. The third-order valence-corrected chi connectivity index (χ3v) is 3.04. The molecule has 0 amide bonds. The van der Waals surface area contributed by atoms with Crippen molar-refractivity contribution in [1.82, 2.24) is 0 Å². The highest BCUT2D eigenvalue weighted by atomic mass is 14.2. The first kappa shape index (κ1) is 15.5. The Bertz CT molecular complexity index is 157. The highest BCUT2D eigenvalue weighted by Gasteiger charge is 1.92. The lowest BCUT2D eigenvalue weighted by atomic mass is 10.0.